The predicted molar refractivity (Wildman–Crippen MR) is 99.0 cm³/mol. The minimum atomic E-state index is 0.443. The summed E-state index contributed by atoms with van der Waals surface area (Å²) in [6.45, 7) is 9.13. The Hall–Kier alpha value is -2.55. The van der Waals surface area contributed by atoms with Crippen molar-refractivity contribution in [3.63, 3.8) is 0 Å². The van der Waals surface area contributed by atoms with Crippen LogP contribution in [0.1, 0.15) is 37.9 Å². The summed E-state index contributed by atoms with van der Waals surface area (Å²) in [5, 5.41) is 4.59. The molecule has 0 aliphatic heterocycles. The Morgan fingerprint density at radius 3 is 2.29 bits per heavy atom. The summed E-state index contributed by atoms with van der Waals surface area (Å²) >= 11 is 0. The maximum absolute atomic E-state index is 5.53. The smallest absolute Gasteiger partial charge is 0.119 e. The number of hydrogen-bond acceptors (Lipinski definition) is 2. The molecule has 3 nitrogen and oxygen atoms in total. The maximum atomic E-state index is 5.53. The van der Waals surface area contributed by atoms with Crippen molar-refractivity contribution < 1.29 is 4.74 Å². The second-order valence-corrected chi connectivity index (χ2v) is 6.29. The van der Waals surface area contributed by atoms with Gasteiger partial charge in [-0.3, -0.25) is 0 Å². The molecule has 0 fully saturated rings. The predicted octanol–water partition coefficient (Wildman–Crippen LogP) is 5.37. The lowest BCUT2D eigenvalue weighted by atomic mass is 9.96. The van der Waals surface area contributed by atoms with Gasteiger partial charge >= 0.3 is 0 Å². The highest BCUT2D eigenvalue weighted by Gasteiger charge is 2.11. The topological polar surface area (TPSA) is 27.1 Å². The first-order valence-electron chi connectivity index (χ1n) is 8.48. The summed E-state index contributed by atoms with van der Waals surface area (Å²) < 4.78 is 7.50. The molecule has 3 heteroatoms. The van der Waals surface area contributed by atoms with Crippen molar-refractivity contribution in [2.24, 2.45) is 0 Å². The Balaban J connectivity index is 2.03. The summed E-state index contributed by atoms with van der Waals surface area (Å²) in [7, 11) is 0. The molecule has 2 aromatic carbocycles. The lowest BCUT2D eigenvalue weighted by Crippen LogP contribution is -2.02. The quantitative estimate of drug-likeness (QED) is 0.632. The van der Waals surface area contributed by atoms with Gasteiger partial charge in [-0.05, 0) is 60.7 Å². The fraction of sp³-hybridized carbons (Fsp3) is 0.286. The fourth-order valence-electron chi connectivity index (χ4n) is 2.87. The van der Waals surface area contributed by atoms with E-state index in [-0.39, 0.29) is 0 Å². The number of aryl methyl sites for hydroxylation is 1. The van der Waals surface area contributed by atoms with Gasteiger partial charge in [0, 0.05) is 6.20 Å². The van der Waals surface area contributed by atoms with Crippen LogP contribution in [0.2, 0.25) is 0 Å². The van der Waals surface area contributed by atoms with Crippen molar-refractivity contribution in [2.45, 2.75) is 33.6 Å². The van der Waals surface area contributed by atoms with E-state index >= 15 is 0 Å². The van der Waals surface area contributed by atoms with E-state index in [4.69, 9.17) is 4.74 Å². The first kappa shape index (κ1) is 16.3. The molecule has 0 aliphatic rings. The van der Waals surface area contributed by atoms with Gasteiger partial charge in [-0.25, -0.2) is 4.68 Å². The molecule has 24 heavy (non-hydrogen) atoms. The van der Waals surface area contributed by atoms with Crippen molar-refractivity contribution in [1.29, 1.82) is 0 Å². The van der Waals surface area contributed by atoms with E-state index in [1.165, 1.54) is 16.7 Å². The molecule has 0 bridgehead atoms. The Morgan fingerprint density at radius 1 is 1.00 bits per heavy atom. The largest absolute Gasteiger partial charge is 0.494 e. The van der Waals surface area contributed by atoms with Crippen LogP contribution < -0.4 is 4.74 Å². The van der Waals surface area contributed by atoms with Crippen LogP contribution in [0.5, 0.6) is 5.75 Å². The first-order valence-corrected chi connectivity index (χ1v) is 8.48. The van der Waals surface area contributed by atoms with Gasteiger partial charge in [0.25, 0.3) is 0 Å². The van der Waals surface area contributed by atoms with Gasteiger partial charge in [-0.2, -0.15) is 5.10 Å². The molecule has 0 saturated carbocycles. The molecule has 1 aromatic heterocycles. The van der Waals surface area contributed by atoms with Crippen molar-refractivity contribution in [3.8, 4) is 22.6 Å². The summed E-state index contributed by atoms with van der Waals surface area (Å²) in [6.07, 6.45) is 2.03. The second-order valence-electron chi connectivity index (χ2n) is 6.29. The zero-order valence-electron chi connectivity index (χ0n) is 14.8. The molecule has 3 rings (SSSR count). The van der Waals surface area contributed by atoms with E-state index in [2.05, 4.69) is 49.3 Å². The van der Waals surface area contributed by atoms with Crippen molar-refractivity contribution in [1.82, 2.24) is 9.78 Å². The van der Waals surface area contributed by atoms with Crippen LogP contribution in [0.15, 0.2) is 54.7 Å². The molecule has 0 N–H and O–H groups in total. The van der Waals surface area contributed by atoms with Crippen LogP contribution in [-0.4, -0.2) is 16.4 Å². The van der Waals surface area contributed by atoms with Crippen molar-refractivity contribution in [3.05, 3.63) is 66.0 Å². The van der Waals surface area contributed by atoms with Crippen LogP contribution >= 0.6 is 0 Å². The van der Waals surface area contributed by atoms with Gasteiger partial charge < -0.3 is 4.74 Å². The number of benzene rings is 2. The van der Waals surface area contributed by atoms with Crippen LogP contribution in [0, 0.1) is 6.92 Å². The SMILES string of the molecule is CCOc1ccc(-c2ccc(C(C)C)c(-n3ccc(C)n3)c2)cc1. The van der Waals surface area contributed by atoms with E-state index in [0.717, 1.165) is 17.1 Å². The monoisotopic (exact) mass is 320 g/mol. The normalized spacial score (nSPS) is 11.0. The van der Waals surface area contributed by atoms with Crippen molar-refractivity contribution >= 4 is 0 Å². The second kappa shape index (κ2) is 6.91. The summed E-state index contributed by atoms with van der Waals surface area (Å²) in [4.78, 5) is 0. The van der Waals surface area contributed by atoms with E-state index in [9.17, 15) is 0 Å². The third-order valence-corrected chi connectivity index (χ3v) is 4.12. The Labute approximate surface area is 143 Å². The van der Waals surface area contributed by atoms with Crippen LogP contribution in [-0.2, 0) is 0 Å². The summed E-state index contributed by atoms with van der Waals surface area (Å²) in [5.74, 6) is 1.35. The molecule has 0 atom stereocenters. The number of nitrogens with zero attached hydrogens (tertiary/aromatic N) is 2. The molecule has 3 aromatic rings. The van der Waals surface area contributed by atoms with Crippen LogP contribution in [0.3, 0.4) is 0 Å². The minimum absolute atomic E-state index is 0.443. The van der Waals surface area contributed by atoms with E-state index in [1.807, 2.05) is 42.9 Å². The molecule has 0 radical (unpaired) electrons. The Bertz CT molecular complexity index is 816. The minimum Gasteiger partial charge on any atom is -0.494 e. The number of aromatic nitrogens is 2. The molecular formula is C21H24N2O. The van der Waals surface area contributed by atoms with Crippen molar-refractivity contribution in [2.75, 3.05) is 6.61 Å². The Kier molecular flexibility index (Phi) is 4.70. The molecule has 0 saturated heterocycles. The number of hydrogen-bond donors (Lipinski definition) is 0. The van der Waals surface area contributed by atoms with Gasteiger partial charge in [0.2, 0.25) is 0 Å². The number of rotatable bonds is 5. The highest BCUT2D eigenvalue weighted by molar-refractivity contribution is 5.68. The van der Waals surface area contributed by atoms with E-state index in [1.54, 1.807) is 0 Å². The van der Waals surface area contributed by atoms with Crippen LogP contribution in [0.4, 0.5) is 0 Å². The standard InChI is InChI=1S/C21H24N2O/c1-5-24-19-9-6-17(7-10-19)18-8-11-20(15(2)3)21(14-18)23-13-12-16(4)22-23/h6-15H,5H2,1-4H3. The highest BCUT2D eigenvalue weighted by atomic mass is 16.5. The molecule has 0 spiro atoms. The summed E-state index contributed by atoms with van der Waals surface area (Å²) in [6, 6.07) is 16.9. The highest BCUT2D eigenvalue weighted by Crippen LogP contribution is 2.29. The third kappa shape index (κ3) is 3.35. The Morgan fingerprint density at radius 2 is 1.71 bits per heavy atom. The third-order valence-electron chi connectivity index (χ3n) is 4.12. The van der Waals surface area contributed by atoms with Crippen LogP contribution in [0.25, 0.3) is 16.8 Å². The molecule has 0 unspecified atom stereocenters. The molecule has 124 valence electrons. The van der Waals surface area contributed by atoms with Gasteiger partial charge in [0.1, 0.15) is 5.75 Å². The molecule has 0 amide bonds. The van der Waals surface area contributed by atoms with Gasteiger partial charge in [0.05, 0.1) is 18.0 Å². The average molecular weight is 320 g/mol. The van der Waals surface area contributed by atoms with E-state index < -0.39 is 0 Å². The lowest BCUT2D eigenvalue weighted by molar-refractivity contribution is 0.340. The molecular weight excluding hydrogens is 296 g/mol. The zero-order chi connectivity index (χ0) is 17.1. The average Bonchev–Trinajstić information content (AvgIpc) is 3.01. The molecule has 0 aliphatic carbocycles. The lowest BCUT2D eigenvalue weighted by Gasteiger charge is -2.15. The first-order chi connectivity index (χ1) is 11.6. The number of ether oxygens (including phenoxy) is 1. The van der Waals surface area contributed by atoms with Gasteiger partial charge in [-0.1, -0.05) is 38.1 Å². The van der Waals surface area contributed by atoms with E-state index in [0.29, 0.717) is 12.5 Å². The fourth-order valence-corrected chi connectivity index (χ4v) is 2.87. The van der Waals surface area contributed by atoms with Gasteiger partial charge in [0.15, 0.2) is 0 Å². The zero-order valence-corrected chi connectivity index (χ0v) is 14.8. The summed E-state index contributed by atoms with van der Waals surface area (Å²) in [5.41, 5.74) is 5.83. The maximum Gasteiger partial charge on any atom is 0.119 e. The van der Waals surface area contributed by atoms with Gasteiger partial charge in [-0.15, -0.1) is 0 Å². The molecule has 1 heterocycles.